The molecule has 0 aromatic rings. The highest BCUT2D eigenvalue weighted by molar-refractivity contribution is 5.79. The maximum Gasteiger partial charge on any atom is 0.341 e. The Labute approximate surface area is 333 Å². The molecule has 16 heteroatoms. The van der Waals surface area contributed by atoms with E-state index in [4.69, 9.17) is 23.7 Å². The van der Waals surface area contributed by atoms with Crippen LogP contribution in [0, 0.1) is 46.8 Å². The lowest BCUT2D eigenvalue weighted by atomic mass is 9.48. The Hall–Kier alpha value is -2.44. The second-order valence-corrected chi connectivity index (χ2v) is 19.4. The minimum Gasteiger partial charge on any atom is -0.458 e. The van der Waals surface area contributed by atoms with Crippen molar-refractivity contribution in [1.29, 1.82) is 0 Å². The summed E-state index contributed by atoms with van der Waals surface area (Å²) in [6.07, 6.45) is -7.41. The van der Waals surface area contributed by atoms with Gasteiger partial charge in [-0.25, -0.2) is 4.79 Å². The summed E-state index contributed by atoms with van der Waals surface area (Å²) >= 11 is 0. The van der Waals surface area contributed by atoms with Gasteiger partial charge in [-0.2, -0.15) is 0 Å². The SMILES string of the molecule is CCC(C)C(=O)OC1C(O)C2C(CN3CC(C)CCC3[C@]2(C)O)C2C[C@]34O[C@@]5(O)C(OC(=O)C(C)(O)C(C)O)CCC3(C)C5C(OC(C)=O)C(OC(C)=O)C4[C@@]21O. The summed E-state index contributed by atoms with van der Waals surface area (Å²) in [7, 11) is 0. The normalized spacial score (nSPS) is 50.4. The van der Waals surface area contributed by atoms with Crippen molar-refractivity contribution in [2.45, 2.75) is 172 Å². The molecule has 4 aliphatic carbocycles. The number of hydrogen-bond acceptors (Lipinski definition) is 16. The zero-order valence-electron chi connectivity index (χ0n) is 34.5. The Balaban J connectivity index is 1.45. The lowest BCUT2D eigenvalue weighted by molar-refractivity contribution is -0.301. The fourth-order valence-corrected chi connectivity index (χ4v) is 13.1. The van der Waals surface area contributed by atoms with E-state index in [9.17, 15) is 49.8 Å². The zero-order valence-corrected chi connectivity index (χ0v) is 34.5. The molecule has 4 bridgehead atoms. The number of hydrogen-bond donors (Lipinski definition) is 6. The molecule has 7 rings (SSSR count). The molecule has 0 aromatic carbocycles. The van der Waals surface area contributed by atoms with Crippen LogP contribution in [0.5, 0.6) is 0 Å². The van der Waals surface area contributed by atoms with Crippen LogP contribution in [0.15, 0.2) is 0 Å². The van der Waals surface area contributed by atoms with Crippen LogP contribution < -0.4 is 0 Å². The second kappa shape index (κ2) is 13.8. The van der Waals surface area contributed by atoms with Gasteiger partial charge in [-0.1, -0.05) is 27.7 Å². The number of fused-ring (bicyclic) bond motifs is 5. The summed E-state index contributed by atoms with van der Waals surface area (Å²) in [5.74, 6) is -11.5. The predicted octanol–water partition coefficient (Wildman–Crippen LogP) is 0.578. The van der Waals surface area contributed by atoms with Crippen LogP contribution in [0.2, 0.25) is 0 Å². The topological polar surface area (TPSA) is 239 Å². The van der Waals surface area contributed by atoms with Crippen molar-refractivity contribution in [3.8, 4) is 0 Å². The van der Waals surface area contributed by atoms with E-state index in [1.165, 1.54) is 6.92 Å². The van der Waals surface area contributed by atoms with Crippen molar-refractivity contribution < 1.29 is 73.5 Å². The van der Waals surface area contributed by atoms with Crippen LogP contribution >= 0.6 is 0 Å². The average molecular weight is 810 g/mol. The van der Waals surface area contributed by atoms with Gasteiger partial charge in [0.05, 0.1) is 41.2 Å². The Morgan fingerprint density at radius 2 is 1.54 bits per heavy atom. The Morgan fingerprint density at radius 1 is 0.930 bits per heavy atom. The van der Waals surface area contributed by atoms with Crippen LogP contribution in [-0.4, -0.2) is 143 Å². The van der Waals surface area contributed by atoms with Crippen LogP contribution in [0.3, 0.4) is 0 Å². The van der Waals surface area contributed by atoms with Crippen molar-refractivity contribution in [3.05, 3.63) is 0 Å². The highest BCUT2D eigenvalue weighted by Crippen LogP contribution is 2.78. The smallest absolute Gasteiger partial charge is 0.341 e. The van der Waals surface area contributed by atoms with E-state index in [0.29, 0.717) is 31.8 Å². The fourth-order valence-electron chi connectivity index (χ4n) is 13.1. The van der Waals surface area contributed by atoms with Gasteiger partial charge in [0, 0.05) is 44.3 Å². The molecular formula is C41H63NO15. The van der Waals surface area contributed by atoms with Crippen molar-refractivity contribution in [1.82, 2.24) is 4.90 Å². The van der Waals surface area contributed by atoms with Gasteiger partial charge in [-0.3, -0.25) is 19.3 Å². The quantitative estimate of drug-likeness (QED) is 0.145. The Kier molecular flexibility index (Phi) is 10.3. The molecule has 322 valence electrons. The van der Waals surface area contributed by atoms with Crippen LogP contribution in [0.1, 0.15) is 101 Å². The second-order valence-electron chi connectivity index (χ2n) is 19.4. The van der Waals surface area contributed by atoms with Crippen molar-refractivity contribution >= 4 is 23.9 Å². The molecule has 1 spiro atoms. The summed E-state index contributed by atoms with van der Waals surface area (Å²) in [5, 5.41) is 73.2. The van der Waals surface area contributed by atoms with E-state index in [1.807, 2.05) is 6.92 Å². The number of ether oxygens (including phenoxy) is 5. The Morgan fingerprint density at radius 3 is 2.12 bits per heavy atom. The molecule has 16 nitrogen and oxygen atoms in total. The summed E-state index contributed by atoms with van der Waals surface area (Å²) in [6.45, 7) is 14.7. The Bertz CT molecular complexity index is 1650. The van der Waals surface area contributed by atoms with Crippen molar-refractivity contribution in [2.24, 2.45) is 46.8 Å². The minimum absolute atomic E-state index is 0.0170. The van der Waals surface area contributed by atoms with E-state index in [1.54, 1.807) is 20.8 Å². The number of carbonyl (C=O) groups excluding carboxylic acids is 4. The van der Waals surface area contributed by atoms with Crippen LogP contribution in [0.4, 0.5) is 0 Å². The number of aliphatic hydroxyl groups is 6. The van der Waals surface area contributed by atoms with Crippen LogP contribution in [0.25, 0.3) is 0 Å². The van der Waals surface area contributed by atoms with E-state index >= 15 is 0 Å². The minimum atomic E-state index is -2.47. The molecule has 6 N–H and O–H groups in total. The predicted molar refractivity (Wildman–Crippen MR) is 196 cm³/mol. The van der Waals surface area contributed by atoms with Gasteiger partial charge < -0.3 is 54.3 Å². The number of aliphatic hydroxyl groups excluding tert-OH is 2. The summed E-state index contributed by atoms with van der Waals surface area (Å²) < 4.78 is 31.1. The number of carbonyl (C=O) groups is 4. The number of piperidine rings is 2. The van der Waals surface area contributed by atoms with E-state index in [0.717, 1.165) is 27.2 Å². The first-order chi connectivity index (χ1) is 26.3. The largest absolute Gasteiger partial charge is 0.458 e. The number of esters is 4. The molecular weight excluding hydrogens is 746 g/mol. The number of nitrogens with zero attached hydrogens (tertiary/aromatic N) is 1. The van der Waals surface area contributed by atoms with Crippen molar-refractivity contribution in [3.63, 3.8) is 0 Å². The van der Waals surface area contributed by atoms with Gasteiger partial charge >= 0.3 is 23.9 Å². The first kappa shape index (κ1) is 42.7. The maximum atomic E-state index is 13.9. The zero-order chi connectivity index (χ0) is 42.2. The van der Waals surface area contributed by atoms with Gasteiger partial charge in [0.25, 0.3) is 0 Å². The standard InChI is InChI=1S/C41H63NO15/c1-10-19(3)34(47)56-33-28(46)27-23(17-42-16-18(2)11-12-25(42)38(27,9)50)24-15-39-32(40(24,33)51)30(54-22(6)45)29(53-21(5)44)31-36(39,7)14-13-26(41(31,52)57-39)55-35(48)37(8,49)20(4)43/h18-20,23-33,43,46,49-52H,10-17H2,1-9H3/t18?,19?,20?,23?,24?,25?,26?,27?,28?,29?,30?,31?,32?,33?,36?,37?,38-,39+,40-,41-/m0/s1. The molecule has 0 amide bonds. The summed E-state index contributed by atoms with van der Waals surface area (Å²) in [6, 6.07) is -0.329. The first-order valence-electron chi connectivity index (χ1n) is 20.8. The van der Waals surface area contributed by atoms with E-state index in [2.05, 4.69) is 11.8 Å². The average Bonchev–Trinajstić information content (AvgIpc) is 3.40. The highest BCUT2D eigenvalue weighted by atomic mass is 16.7. The van der Waals surface area contributed by atoms with Gasteiger partial charge in [-0.15, -0.1) is 0 Å². The van der Waals surface area contributed by atoms with Gasteiger partial charge in [0.1, 0.15) is 17.8 Å². The third-order valence-electron chi connectivity index (χ3n) is 16.1. The van der Waals surface area contributed by atoms with Crippen LogP contribution in [-0.2, 0) is 42.9 Å². The molecule has 20 atom stereocenters. The molecule has 0 aromatic heterocycles. The molecule has 7 fully saturated rings. The fraction of sp³-hybridized carbons (Fsp3) is 0.902. The first-order valence-corrected chi connectivity index (χ1v) is 20.8. The molecule has 7 aliphatic rings. The molecule has 16 unspecified atom stereocenters. The highest BCUT2D eigenvalue weighted by Gasteiger charge is 2.90. The third kappa shape index (κ3) is 5.81. The lowest BCUT2D eigenvalue weighted by Gasteiger charge is -2.64. The van der Waals surface area contributed by atoms with Gasteiger partial charge in [0.2, 0.25) is 5.79 Å². The lowest BCUT2D eigenvalue weighted by Crippen LogP contribution is -2.78. The number of rotatable bonds is 8. The molecule has 4 saturated carbocycles. The van der Waals surface area contributed by atoms with Crippen molar-refractivity contribution in [2.75, 3.05) is 13.1 Å². The molecule has 57 heavy (non-hydrogen) atoms. The van der Waals surface area contributed by atoms with E-state index in [-0.39, 0.29) is 25.3 Å². The van der Waals surface area contributed by atoms with E-state index < -0.39 is 130 Å². The molecule has 3 saturated heterocycles. The third-order valence-corrected chi connectivity index (χ3v) is 16.1. The molecule has 0 radical (unpaired) electrons. The van der Waals surface area contributed by atoms with Gasteiger partial charge in [0.15, 0.2) is 17.8 Å². The molecule has 3 aliphatic heterocycles. The molecule has 3 heterocycles. The maximum absolute atomic E-state index is 13.9. The monoisotopic (exact) mass is 809 g/mol. The summed E-state index contributed by atoms with van der Waals surface area (Å²) in [4.78, 5) is 55.6. The van der Waals surface area contributed by atoms with Gasteiger partial charge in [-0.05, 0) is 77.0 Å². The summed E-state index contributed by atoms with van der Waals surface area (Å²) in [5.41, 5.74) is -9.03.